The van der Waals surface area contributed by atoms with Crippen molar-refractivity contribution < 1.29 is 4.74 Å². The standard InChI is InChI=1S/C17H25N3O/c1-3-9-18-15(2)14-16-5-7-17(8-6-16)21-13-12-20-11-4-10-19-20/h4-8,10-11,15,18H,3,9,12-14H2,1-2H3. The van der Waals surface area contributed by atoms with Gasteiger partial charge in [-0.3, -0.25) is 4.68 Å². The van der Waals surface area contributed by atoms with E-state index in [1.54, 1.807) is 6.20 Å². The summed E-state index contributed by atoms with van der Waals surface area (Å²) in [7, 11) is 0. The van der Waals surface area contributed by atoms with Crippen molar-refractivity contribution in [3.63, 3.8) is 0 Å². The van der Waals surface area contributed by atoms with Crippen molar-refractivity contribution in [3.8, 4) is 5.75 Å². The lowest BCUT2D eigenvalue weighted by atomic mass is 10.1. The van der Waals surface area contributed by atoms with Gasteiger partial charge in [-0.1, -0.05) is 19.1 Å². The van der Waals surface area contributed by atoms with Crippen LogP contribution in [0.2, 0.25) is 0 Å². The van der Waals surface area contributed by atoms with Crippen LogP contribution in [0.25, 0.3) is 0 Å². The van der Waals surface area contributed by atoms with E-state index in [-0.39, 0.29) is 0 Å². The van der Waals surface area contributed by atoms with Crippen LogP contribution in [0, 0.1) is 0 Å². The molecule has 0 radical (unpaired) electrons. The van der Waals surface area contributed by atoms with Gasteiger partial charge in [-0.2, -0.15) is 5.10 Å². The highest BCUT2D eigenvalue weighted by Crippen LogP contribution is 2.13. The first-order valence-electron chi connectivity index (χ1n) is 7.70. The van der Waals surface area contributed by atoms with Gasteiger partial charge in [-0.15, -0.1) is 0 Å². The first-order chi connectivity index (χ1) is 10.3. The fourth-order valence-electron chi connectivity index (χ4n) is 2.23. The Labute approximate surface area is 127 Å². The summed E-state index contributed by atoms with van der Waals surface area (Å²) < 4.78 is 7.60. The van der Waals surface area contributed by atoms with E-state index in [0.717, 1.165) is 25.3 Å². The van der Waals surface area contributed by atoms with Crippen molar-refractivity contribution in [1.82, 2.24) is 15.1 Å². The Bertz CT molecular complexity index is 493. The van der Waals surface area contributed by atoms with E-state index in [1.165, 1.54) is 12.0 Å². The van der Waals surface area contributed by atoms with E-state index in [4.69, 9.17) is 4.74 Å². The Kier molecular flexibility index (Phi) is 6.28. The van der Waals surface area contributed by atoms with Crippen molar-refractivity contribution >= 4 is 0 Å². The van der Waals surface area contributed by atoms with Gasteiger partial charge >= 0.3 is 0 Å². The van der Waals surface area contributed by atoms with Gasteiger partial charge in [0.05, 0.1) is 6.54 Å². The largest absolute Gasteiger partial charge is 0.492 e. The number of nitrogens with zero attached hydrogens (tertiary/aromatic N) is 2. The summed E-state index contributed by atoms with van der Waals surface area (Å²) in [6.45, 7) is 6.90. The molecule has 0 saturated carbocycles. The van der Waals surface area contributed by atoms with Crippen LogP contribution in [0.3, 0.4) is 0 Å². The van der Waals surface area contributed by atoms with Crippen LogP contribution in [0.1, 0.15) is 25.8 Å². The lowest BCUT2D eigenvalue weighted by molar-refractivity contribution is 0.291. The number of nitrogens with one attached hydrogen (secondary N) is 1. The maximum Gasteiger partial charge on any atom is 0.119 e. The molecule has 1 aromatic carbocycles. The Balaban J connectivity index is 1.73. The smallest absolute Gasteiger partial charge is 0.119 e. The number of aromatic nitrogens is 2. The molecule has 4 heteroatoms. The number of ether oxygens (including phenoxy) is 1. The molecule has 0 fully saturated rings. The molecular formula is C17H25N3O. The minimum Gasteiger partial charge on any atom is -0.492 e. The Morgan fingerprint density at radius 2 is 2.10 bits per heavy atom. The summed E-state index contributed by atoms with van der Waals surface area (Å²) in [5, 5.41) is 7.65. The third-order valence-electron chi connectivity index (χ3n) is 3.36. The second-order valence-corrected chi connectivity index (χ2v) is 5.32. The summed E-state index contributed by atoms with van der Waals surface area (Å²) in [4.78, 5) is 0. The molecule has 4 nitrogen and oxygen atoms in total. The third kappa shape index (κ3) is 5.60. The van der Waals surface area contributed by atoms with Crippen LogP contribution in [-0.2, 0) is 13.0 Å². The number of hydrogen-bond acceptors (Lipinski definition) is 3. The second-order valence-electron chi connectivity index (χ2n) is 5.32. The Morgan fingerprint density at radius 3 is 2.76 bits per heavy atom. The van der Waals surface area contributed by atoms with Crippen LogP contribution in [-0.4, -0.2) is 29.0 Å². The molecule has 0 aliphatic heterocycles. The molecule has 0 saturated heterocycles. The van der Waals surface area contributed by atoms with Gasteiger partial charge < -0.3 is 10.1 Å². The van der Waals surface area contributed by atoms with Gasteiger partial charge in [0.15, 0.2) is 0 Å². The average Bonchev–Trinajstić information content (AvgIpc) is 3.00. The molecule has 1 unspecified atom stereocenters. The number of hydrogen-bond donors (Lipinski definition) is 1. The van der Waals surface area contributed by atoms with Gasteiger partial charge in [-0.25, -0.2) is 0 Å². The predicted octanol–water partition coefficient (Wildman–Crippen LogP) is 2.89. The molecule has 1 heterocycles. The zero-order valence-corrected chi connectivity index (χ0v) is 13.0. The van der Waals surface area contributed by atoms with E-state index >= 15 is 0 Å². The van der Waals surface area contributed by atoms with Crippen molar-refractivity contribution in [3.05, 3.63) is 48.3 Å². The zero-order chi connectivity index (χ0) is 14.9. The highest BCUT2D eigenvalue weighted by molar-refractivity contribution is 5.27. The maximum atomic E-state index is 5.73. The summed E-state index contributed by atoms with van der Waals surface area (Å²) in [6, 6.07) is 10.8. The molecule has 21 heavy (non-hydrogen) atoms. The lowest BCUT2D eigenvalue weighted by Gasteiger charge is -2.13. The molecule has 0 spiro atoms. The molecule has 1 aromatic heterocycles. The van der Waals surface area contributed by atoms with Gasteiger partial charge in [0, 0.05) is 18.4 Å². The summed E-state index contributed by atoms with van der Waals surface area (Å²) in [5.41, 5.74) is 1.34. The average molecular weight is 287 g/mol. The molecule has 114 valence electrons. The molecule has 2 rings (SSSR count). The monoisotopic (exact) mass is 287 g/mol. The van der Waals surface area contributed by atoms with Crippen molar-refractivity contribution in [2.75, 3.05) is 13.2 Å². The third-order valence-corrected chi connectivity index (χ3v) is 3.36. The van der Waals surface area contributed by atoms with Crippen LogP contribution in [0.15, 0.2) is 42.7 Å². The molecule has 0 aliphatic rings. The highest BCUT2D eigenvalue weighted by atomic mass is 16.5. The SMILES string of the molecule is CCCNC(C)Cc1ccc(OCCn2cccn2)cc1. The zero-order valence-electron chi connectivity index (χ0n) is 13.0. The molecule has 0 amide bonds. The van der Waals surface area contributed by atoms with Crippen LogP contribution >= 0.6 is 0 Å². The fraction of sp³-hybridized carbons (Fsp3) is 0.471. The van der Waals surface area contributed by atoms with E-state index < -0.39 is 0 Å². The van der Waals surface area contributed by atoms with Crippen LogP contribution in [0.5, 0.6) is 5.75 Å². The van der Waals surface area contributed by atoms with Crippen LogP contribution in [0.4, 0.5) is 0 Å². The molecule has 0 aliphatic carbocycles. The second kappa shape index (κ2) is 8.47. The van der Waals surface area contributed by atoms with Gasteiger partial charge in [0.1, 0.15) is 12.4 Å². The summed E-state index contributed by atoms with van der Waals surface area (Å²) in [5.74, 6) is 0.917. The van der Waals surface area contributed by atoms with Gasteiger partial charge in [0.25, 0.3) is 0 Å². The number of benzene rings is 1. The van der Waals surface area contributed by atoms with E-state index in [1.807, 2.05) is 29.1 Å². The van der Waals surface area contributed by atoms with Crippen molar-refractivity contribution in [1.29, 1.82) is 0 Å². The van der Waals surface area contributed by atoms with E-state index in [0.29, 0.717) is 12.6 Å². The molecule has 1 atom stereocenters. The van der Waals surface area contributed by atoms with Crippen molar-refractivity contribution in [2.24, 2.45) is 0 Å². The van der Waals surface area contributed by atoms with Gasteiger partial charge in [0.2, 0.25) is 0 Å². The Hall–Kier alpha value is -1.81. The molecular weight excluding hydrogens is 262 g/mol. The summed E-state index contributed by atoms with van der Waals surface area (Å²) >= 11 is 0. The predicted molar refractivity (Wildman–Crippen MR) is 85.6 cm³/mol. The molecule has 0 bridgehead atoms. The maximum absolute atomic E-state index is 5.73. The number of rotatable bonds is 9. The normalized spacial score (nSPS) is 12.3. The quantitative estimate of drug-likeness (QED) is 0.771. The highest BCUT2D eigenvalue weighted by Gasteiger charge is 2.02. The fourth-order valence-corrected chi connectivity index (χ4v) is 2.23. The first-order valence-corrected chi connectivity index (χ1v) is 7.70. The van der Waals surface area contributed by atoms with Crippen LogP contribution < -0.4 is 10.1 Å². The van der Waals surface area contributed by atoms with Gasteiger partial charge in [-0.05, 0) is 50.1 Å². The van der Waals surface area contributed by atoms with Crippen molar-refractivity contribution in [2.45, 2.75) is 39.3 Å². The molecule has 1 N–H and O–H groups in total. The van der Waals surface area contributed by atoms with E-state index in [2.05, 4.69) is 36.4 Å². The minimum atomic E-state index is 0.511. The van der Waals surface area contributed by atoms with E-state index in [9.17, 15) is 0 Å². The Morgan fingerprint density at radius 1 is 1.29 bits per heavy atom. The lowest BCUT2D eigenvalue weighted by Crippen LogP contribution is -2.28. The first kappa shape index (κ1) is 15.6. The summed E-state index contributed by atoms with van der Waals surface area (Å²) in [6.07, 6.45) is 5.95. The minimum absolute atomic E-state index is 0.511. The molecule has 2 aromatic rings. The topological polar surface area (TPSA) is 39.1 Å².